The standard InChI is InChI=1S/2C26H21O.2ClH.Zr/c2*1-2-7-21-14-15-26(27-21)20-16-19-10-6-13-24(25(19)17-20)23-12-5-9-18-8-3-4-11-22(18)23;;;/h2*3-6,8-17H,2,7H2,1H3;2*1H;/q2*-1;;;+4/p-2. The SMILES string of the molecule is CCCc1ccc(-c2cc3c(-c4cccc5ccccc45)cccc3[cH-]2)o1.CCCc1ccc(-c2cc3c(-c4cccc5ccccc45)cccc3[cH-]2)o1.[Cl-].[Cl-].[Zr+4]. The Hall–Kier alpha value is -4.92. The molecule has 2 heterocycles. The average Bonchev–Trinajstić information content (AvgIpc) is 4.04. The van der Waals surface area contributed by atoms with Crippen LogP contribution in [0.3, 0.4) is 0 Å². The number of fused-ring (bicyclic) bond motifs is 4. The maximum Gasteiger partial charge on any atom is 4.00 e. The van der Waals surface area contributed by atoms with Crippen molar-refractivity contribution in [1.82, 2.24) is 0 Å². The normalized spacial score (nSPS) is 10.8. The van der Waals surface area contributed by atoms with Crippen molar-refractivity contribution >= 4 is 43.1 Å². The molecule has 0 aliphatic heterocycles. The van der Waals surface area contributed by atoms with Crippen LogP contribution in [0.5, 0.6) is 0 Å². The van der Waals surface area contributed by atoms with E-state index in [4.69, 9.17) is 8.83 Å². The van der Waals surface area contributed by atoms with E-state index in [1.807, 2.05) is 0 Å². The van der Waals surface area contributed by atoms with Crippen LogP contribution >= 0.6 is 0 Å². The van der Waals surface area contributed by atoms with Gasteiger partial charge in [-0.15, -0.1) is 57.9 Å². The molecule has 5 heteroatoms. The van der Waals surface area contributed by atoms with E-state index in [0.29, 0.717) is 0 Å². The molecule has 0 aliphatic rings. The Kier molecular flexibility index (Phi) is 13.6. The molecule has 0 bridgehead atoms. The summed E-state index contributed by atoms with van der Waals surface area (Å²) in [6.07, 6.45) is 4.17. The van der Waals surface area contributed by atoms with Gasteiger partial charge in [-0.1, -0.05) is 145 Å². The van der Waals surface area contributed by atoms with Crippen LogP contribution < -0.4 is 24.8 Å². The van der Waals surface area contributed by atoms with Gasteiger partial charge in [0.25, 0.3) is 0 Å². The van der Waals surface area contributed by atoms with Crippen LogP contribution in [0.15, 0.2) is 179 Å². The summed E-state index contributed by atoms with van der Waals surface area (Å²) in [5.41, 5.74) is 7.41. The van der Waals surface area contributed by atoms with Crippen LogP contribution in [0.2, 0.25) is 0 Å². The number of hydrogen-bond donors (Lipinski definition) is 0. The summed E-state index contributed by atoms with van der Waals surface area (Å²) >= 11 is 0. The third-order valence-corrected chi connectivity index (χ3v) is 10.5. The van der Waals surface area contributed by atoms with Crippen molar-refractivity contribution in [1.29, 1.82) is 0 Å². The van der Waals surface area contributed by atoms with Crippen molar-refractivity contribution in [2.45, 2.75) is 39.5 Å². The molecular formula is C52H42Cl2O2Zr. The first-order valence-electron chi connectivity index (χ1n) is 19.2. The van der Waals surface area contributed by atoms with Gasteiger partial charge in [-0.05, 0) is 69.8 Å². The quantitative estimate of drug-likeness (QED) is 0.143. The molecule has 10 rings (SSSR count). The monoisotopic (exact) mass is 858 g/mol. The molecule has 0 saturated heterocycles. The van der Waals surface area contributed by atoms with Gasteiger partial charge in [-0.25, -0.2) is 0 Å². The number of aryl methyl sites for hydroxylation is 2. The van der Waals surface area contributed by atoms with Gasteiger partial charge >= 0.3 is 26.2 Å². The molecule has 0 N–H and O–H groups in total. The summed E-state index contributed by atoms with van der Waals surface area (Å²) in [7, 11) is 0. The molecule has 57 heavy (non-hydrogen) atoms. The van der Waals surface area contributed by atoms with E-state index >= 15 is 0 Å². The molecule has 0 spiro atoms. The average molecular weight is 861 g/mol. The minimum atomic E-state index is 0. The predicted octanol–water partition coefficient (Wildman–Crippen LogP) is 9.19. The van der Waals surface area contributed by atoms with E-state index in [-0.39, 0.29) is 51.0 Å². The summed E-state index contributed by atoms with van der Waals surface area (Å²) in [5.74, 6) is 4.04. The van der Waals surface area contributed by atoms with E-state index in [9.17, 15) is 0 Å². The Morgan fingerprint density at radius 2 is 0.772 bits per heavy atom. The molecule has 10 aromatic rings. The van der Waals surface area contributed by atoms with Crippen molar-refractivity contribution < 1.29 is 59.9 Å². The Morgan fingerprint density at radius 3 is 1.19 bits per heavy atom. The van der Waals surface area contributed by atoms with Gasteiger partial charge in [-0.2, -0.15) is 0 Å². The maximum absolute atomic E-state index is 6.06. The van der Waals surface area contributed by atoms with Crippen LogP contribution in [0.25, 0.3) is 88.0 Å². The van der Waals surface area contributed by atoms with Crippen LogP contribution in [0.1, 0.15) is 38.2 Å². The summed E-state index contributed by atoms with van der Waals surface area (Å²) in [6.45, 7) is 4.35. The zero-order valence-corrected chi connectivity index (χ0v) is 36.0. The molecule has 280 valence electrons. The summed E-state index contributed by atoms with van der Waals surface area (Å²) in [5, 5.41) is 10.2. The molecule has 0 saturated carbocycles. The summed E-state index contributed by atoms with van der Waals surface area (Å²) in [6, 6.07) is 60.7. The molecule has 0 fully saturated rings. The smallest absolute Gasteiger partial charge is 1.00 e. The van der Waals surface area contributed by atoms with Crippen LogP contribution in [0.4, 0.5) is 0 Å². The zero-order valence-electron chi connectivity index (χ0n) is 32.1. The Morgan fingerprint density at radius 1 is 0.404 bits per heavy atom. The van der Waals surface area contributed by atoms with Crippen LogP contribution in [-0.2, 0) is 39.0 Å². The van der Waals surface area contributed by atoms with Gasteiger partial charge in [0.15, 0.2) is 0 Å². The molecule has 0 aliphatic carbocycles. The second-order valence-electron chi connectivity index (χ2n) is 14.2. The molecule has 2 nitrogen and oxygen atoms in total. The van der Waals surface area contributed by atoms with Gasteiger partial charge in [0.05, 0.1) is 23.0 Å². The van der Waals surface area contributed by atoms with E-state index in [1.54, 1.807) is 0 Å². The molecule has 0 unspecified atom stereocenters. The van der Waals surface area contributed by atoms with Crippen LogP contribution in [0, 0.1) is 0 Å². The molecule has 0 radical (unpaired) electrons. The first-order valence-corrected chi connectivity index (χ1v) is 19.2. The van der Waals surface area contributed by atoms with Gasteiger partial charge in [-0.3, -0.25) is 0 Å². The number of hydrogen-bond acceptors (Lipinski definition) is 2. The minimum Gasteiger partial charge on any atom is -1.00 e. The number of benzene rings is 6. The molecule has 0 atom stereocenters. The largest absolute Gasteiger partial charge is 4.00 e. The van der Waals surface area contributed by atoms with E-state index in [2.05, 4.69) is 184 Å². The fourth-order valence-corrected chi connectivity index (χ4v) is 7.97. The predicted molar refractivity (Wildman–Crippen MR) is 228 cm³/mol. The molecule has 0 amide bonds. The molecular weight excluding hydrogens is 819 g/mol. The number of rotatable bonds is 8. The summed E-state index contributed by atoms with van der Waals surface area (Å²) in [4.78, 5) is 0. The third-order valence-electron chi connectivity index (χ3n) is 10.5. The molecule has 8 aromatic carbocycles. The Balaban J connectivity index is 0.000000183. The topological polar surface area (TPSA) is 26.3 Å². The van der Waals surface area contributed by atoms with Crippen molar-refractivity contribution in [3.63, 3.8) is 0 Å². The van der Waals surface area contributed by atoms with Gasteiger partial charge in [0, 0.05) is 12.8 Å². The van der Waals surface area contributed by atoms with Crippen molar-refractivity contribution in [3.05, 3.63) is 181 Å². The van der Waals surface area contributed by atoms with Gasteiger partial charge < -0.3 is 33.6 Å². The first-order chi connectivity index (χ1) is 26.7. The Bertz CT molecular complexity index is 2680. The summed E-state index contributed by atoms with van der Waals surface area (Å²) < 4.78 is 12.1. The fraction of sp³-hybridized carbons (Fsp3) is 0.115. The second kappa shape index (κ2) is 18.6. The van der Waals surface area contributed by atoms with Crippen molar-refractivity contribution in [3.8, 4) is 44.9 Å². The maximum atomic E-state index is 6.06. The third kappa shape index (κ3) is 8.39. The van der Waals surface area contributed by atoms with Crippen molar-refractivity contribution in [2.75, 3.05) is 0 Å². The van der Waals surface area contributed by atoms with E-state index < -0.39 is 0 Å². The van der Waals surface area contributed by atoms with E-state index in [0.717, 1.165) is 59.9 Å². The zero-order chi connectivity index (χ0) is 36.4. The molecule has 2 aromatic heterocycles. The van der Waals surface area contributed by atoms with Crippen LogP contribution in [-0.4, -0.2) is 0 Å². The number of halogens is 2. The van der Waals surface area contributed by atoms with Crippen molar-refractivity contribution in [2.24, 2.45) is 0 Å². The van der Waals surface area contributed by atoms with Gasteiger partial charge in [0.2, 0.25) is 0 Å². The second-order valence-corrected chi connectivity index (χ2v) is 14.2. The minimum absolute atomic E-state index is 0. The fourth-order valence-electron chi connectivity index (χ4n) is 7.97. The first kappa shape index (κ1) is 41.7. The number of furan rings is 2. The van der Waals surface area contributed by atoms with E-state index in [1.165, 1.54) is 65.3 Å². The Labute approximate surface area is 366 Å². The van der Waals surface area contributed by atoms with Gasteiger partial charge in [0.1, 0.15) is 0 Å².